The van der Waals surface area contributed by atoms with Gasteiger partial charge in [-0.3, -0.25) is 9.59 Å². The van der Waals surface area contributed by atoms with Crippen LogP contribution in [0.3, 0.4) is 0 Å². The number of ether oxygens (including phenoxy) is 3. The number of Topliss-reactive ketones (excluding diaryl/α,β-unsaturated/α-hetero) is 1. The van der Waals surface area contributed by atoms with Crippen LogP contribution in [0.1, 0.15) is 43.5 Å². The minimum absolute atomic E-state index is 0.0352. The van der Waals surface area contributed by atoms with E-state index in [0.29, 0.717) is 47.5 Å². The lowest BCUT2D eigenvalue weighted by Crippen LogP contribution is -2.29. The smallest absolute Gasteiger partial charge is 0.295 e. The molecular formula is C31H33NO6. The Balaban J connectivity index is 1.76. The molecule has 1 aliphatic rings. The third-order valence-electron chi connectivity index (χ3n) is 6.25. The molecule has 1 N–H and O–H groups in total. The van der Waals surface area contributed by atoms with Crippen LogP contribution in [0.2, 0.25) is 0 Å². The zero-order valence-electron chi connectivity index (χ0n) is 22.1. The van der Waals surface area contributed by atoms with E-state index in [1.54, 1.807) is 49.6 Å². The highest BCUT2D eigenvalue weighted by Crippen LogP contribution is 2.41. The molecule has 1 atom stereocenters. The first-order valence-electron chi connectivity index (χ1n) is 12.7. The lowest BCUT2D eigenvalue weighted by Gasteiger charge is -2.26. The summed E-state index contributed by atoms with van der Waals surface area (Å²) >= 11 is 0. The average Bonchev–Trinajstić information content (AvgIpc) is 3.17. The summed E-state index contributed by atoms with van der Waals surface area (Å²) < 4.78 is 16.7. The van der Waals surface area contributed by atoms with E-state index in [4.69, 9.17) is 14.2 Å². The Morgan fingerprint density at radius 1 is 0.921 bits per heavy atom. The number of carbonyl (C=O) groups excluding carboxylic acids is 2. The Morgan fingerprint density at radius 2 is 1.61 bits per heavy atom. The van der Waals surface area contributed by atoms with Crippen LogP contribution in [0.4, 0.5) is 0 Å². The largest absolute Gasteiger partial charge is 0.507 e. The van der Waals surface area contributed by atoms with E-state index in [-0.39, 0.29) is 17.9 Å². The molecule has 4 rings (SSSR count). The lowest BCUT2D eigenvalue weighted by atomic mass is 9.95. The predicted molar refractivity (Wildman–Crippen MR) is 145 cm³/mol. The number of carbonyl (C=O) groups is 2. The molecule has 1 amide bonds. The molecule has 38 heavy (non-hydrogen) atoms. The highest BCUT2D eigenvalue weighted by molar-refractivity contribution is 6.46. The van der Waals surface area contributed by atoms with Crippen LogP contribution in [-0.2, 0) is 16.1 Å². The zero-order chi connectivity index (χ0) is 27.2. The second kappa shape index (κ2) is 11.9. The Bertz CT molecular complexity index is 1310. The van der Waals surface area contributed by atoms with Crippen LogP contribution in [0.15, 0.2) is 78.4 Å². The fraction of sp³-hybridized carbons (Fsp3) is 0.290. The number of benzene rings is 3. The van der Waals surface area contributed by atoms with Gasteiger partial charge in [0.1, 0.15) is 23.0 Å². The van der Waals surface area contributed by atoms with Crippen molar-refractivity contribution in [3.63, 3.8) is 0 Å². The van der Waals surface area contributed by atoms with Gasteiger partial charge < -0.3 is 24.2 Å². The van der Waals surface area contributed by atoms with Gasteiger partial charge in [-0.1, -0.05) is 38.1 Å². The molecule has 1 aliphatic heterocycles. The summed E-state index contributed by atoms with van der Waals surface area (Å²) in [6, 6.07) is 20.6. The molecule has 0 aromatic heterocycles. The highest BCUT2D eigenvalue weighted by Gasteiger charge is 2.46. The number of hydrogen-bond acceptors (Lipinski definition) is 6. The van der Waals surface area contributed by atoms with Crippen molar-refractivity contribution < 1.29 is 28.9 Å². The first-order valence-corrected chi connectivity index (χ1v) is 12.7. The van der Waals surface area contributed by atoms with Gasteiger partial charge in [0, 0.05) is 12.1 Å². The standard InChI is InChI=1S/C31H33NO6/c1-5-37-26-8-6-7-23(17-26)28-27(29(33)22-11-15-25(16-12-22)38-19-20(2)3)30(34)31(35)32(28)18-21-9-13-24(36-4)14-10-21/h6-17,20,28,33H,5,18-19H2,1-4H3/b29-27-. The van der Waals surface area contributed by atoms with Crippen molar-refractivity contribution in [2.45, 2.75) is 33.4 Å². The lowest BCUT2D eigenvalue weighted by molar-refractivity contribution is -0.140. The van der Waals surface area contributed by atoms with Crippen molar-refractivity contribution in [1.29, 1.82) is 0 Å². The number of amides is 1. The number of methoxy groups -OCH3 is 1. The van der Waals surface area contributed by atoms with E-state index in [1.807, 2.05) is 37.3 Å². The van der Waals surface area contributed by atoms with Crippen LogP contribution in [0.5, 0.6) is 17.2 Å². The van der Waals surface area contributed by atoms with Gasteiger partial charge in [-0.15, -0.1) is 0 Å². The van der Waals surface area contributed by atoms with Crippen molar-refractivity contribution in [1.82, 2.24) is 4.90 Å². The Hall–Kier alpha value is -4.26. The normalized spacial score (nSPS) is 16.7. The molecule has 1 saturated heterocycles. The fourth-order valence-electron chi connectivity index (χ4n) is 4.39. The van der Waals surface area contributed by atoms with Gasteiger partial charge in [0.25, 0.3) is 11.7 Å². The molecule has 0 bridgehead atoms. The number of likely N-dealkylation sites (tertiary alicyclic amines) is 1. The Morgan fingerprint density at radius 3 is 2.24 bits per heavy atom. The van der Waals surface area contributed by atoms with Crippen molar-refractivity contribution in [3.05, 3.63) is 95.1 Å². The maximum absolute atomic E-state index is 13.4. The molecule has 198 valence electrons. The number of aliphatic hydroxyl groups excluding tert-OH is 1. The number of ketones is 1. The van der Waals surface area contributed by atoms with E-state index < -0.39 is 17.7 Å². The quantitative estimate of drug-likeness (QED) is 0.210. The molecule has 0 saturated carbocycles. The van der Waals surface area contributed by atoms with Crippen LogP contribution in [-0.4, -0.2) is 42.0 Å². The SMILES string of the molecule is CCOc1cccc(C2/C(=C(/O)c3ccc(OCC(C)C)cc3)C(=O)C(=O)N2Cc2ccc(OC)cc2)c1. The van der Waals surface area contributed by atoms with Gasteiger partial charge in [0.2, 0.25) is 0 Å². The van der Waals surface area contributed by atoms with E-state index in [9.17, 15) is 14.7 Å². The van der Waals surface area contributed by atoms with Crippen LogP contribution < -0.4 is 14.2 Å². The summed E-state index contributed by atoms with van der Waals surface area (Å²) in [6.07, 6.45) is 0. The van der Waals surface area contributed by atoms with Crippen LogP contribution in [0, 0.1) is 5.92 Å². The summed E-state index contributed by atoms with van der Waals surface area (Å²) in [5.74, 6) is 0.703. The van der Waals surface area contributed by atoms with E-state index >= 15 is 0 Å². The van der Waals surface area contributed by atoms with Gasteiger partial charge in [0.15, 0.2) is 0 Å². The Kier molecular flexibility index (Phi) is 8.36. The van der Waals surface area contributed by atoms with Crippen molar-refractivity contribution >= 4 is 17.4 Å². The second-order valence-electron chi connectivity index (χ2n) is 9.51. The third kappa shape index (κ3) is 5.83. The molecule has 0 aliphatic carbocycles. The van der Waals surface area contributed by atoms with Crippen molar-refractivity contribution in [2.24, 2.45) is 5.92 Å². The molecule has 1 heterocycles. The van der Waals surface area contributed by atoms with Gasteiger partial charge in [-0.25, -0.2) is 0 Å². The average molecular weight is 516 g/mol. The van der Waals surface area contributed by atoms with Gasteiger partial charge in [0.05, 0.1) is 31.9 Å². The van der Waals surface area contributed by atoms with Crippen molar-refractivity contribution in [2.75, 3.05) is 20.3 Å². The van der Waals surface area contributed by atoms with E-state index in [2.05, 4.69) is 13.8 Å². The first kappa shape index (κ1) is 26.8. The topological polar surface area (TPSA) is 85.3 Å². The summed E-state index contributed by atoms with van der Waals surface area (Å²) in [7, 11) is 1.59. The number of hydrogen-bond donors (Lipinski definition) is 1. The fourth-order valence-corrected chi connectivity index (χ4v) is 4.39. The molecule has 7 nitrogen and oxygen atoms in total. The van der Waals surface area contributed by atoms with Gasteiger partial charge >= 0.3 is 0 Å². The van der Waals surface area contributed by atoms with E-state index in [0.717, 1.165) is 5.56 Å². The molecule has 0 spiro atoms. The first-order chi connectivity index (χ1) is 18.3. The minimum atomic E-state index is -0.797. The predicted octanol–water partition coefficient (Wildman–Crippen LogP) is 5.75. The monoisotopic (exact) mass is 515 g/mol. The molecule has 3 aromatic carbocycles. The molecule has 3 aromatic rings. The molecule has 1 fully saturated rings. The maximum atomic E-state index is 13.4. The second-order valence-corrected chi connectivity index (χ2v) is 9.51. The zero-order valence-corrected chi connectivity index (χ0v) is 22.1. The van der Waals surface area contributed by atoms with Crippen molar-refractivity contribution in [3.8, 4) is 17.2 Å². The van der Waals surface area contributed by atoms with E-state index in [1.165, 1.54) is 4.90 Å². The summed E-state index contributed by atoms with van der Waals surface area (Å²) in [6.45, 7) is 7.23. The summed E-state index contributed by atoms with van der Waals surface area (Å²) in [5, 5.41) is 11.4. The van der Waals surface area contributed by atoms with Crippen LogP contribution in [0.25, 0.3) is 5.76 Å². The van der Waals surface area contributed by atoms with Gasteiger partial charge in [-0.2, -0.15) is 0 Å². The third-order valence-corrected chi connectivity index (χ3v) is 6.25. The maximum Gasteiger partial charge on any atom is 0.295 e. The van der Waals surface area contributed by atoms with Crippen LogP contribution >= 0.6 is 0 Å². The highest BCUT2D eigenvalue weighted by atomic mass is 16.5. The number of nitrogens with zero attached hydrogens (tertiary/aromatic N) is 1. The number of rotatable bonds is 10. The molecule has 1 unspecified atom stereocenters. The number of aliphatic hydroxyl groups is 1. The molecular weight excluding hydrogens is 482 g/mol. The molecule has 7 heteroatoms. The summed E-state index contributed by atoms with van der Waals surface area (Å²) in [4.78, 5) is 28.2. The summed E-state index contributed by atoms with van der Waals surface area (Å²) in [5.41, 5.74) is 1.95. The molecule has 0 radical (unpaired) electrons. The minimum Gasteiger partial charge on any atom is -0.507 e. The Labute approximate surface area is 223 Å². The van der Waals surface area contributed by atoms with Gasteiger partial charge in [-0.05, 0) is 72.5 Å².